The van der Waals surface area contributed by atoms with Crippen molar-refractivity contribution in [1.29, 1.82) is 0 Å². The third-order valence-corrected chi connectivity index (χ3v) is 8.30. The van der Waals surface area contributed by atoms with Crippen molar-refractivity contribution in [1.82, 2.24) is 9.97 Å². The number of nitrogens with zero attached hydrogens (tertiary/aromatic N) is 2. The number of fused-ring (bicyclic) bond motifs is 2. The van der Waals surface area contributed by atoms with Crippen molar-refractivity contribution in [2.45, 2.75) is 0 Å². The number of hydrogen-bond donors (Lipinski definition) is 0. The van der Waals surface area contributed by atoms with Crippen molar-refractivity contribution in [3.63, 3.8) is 0 Å². The summed E-state index contributed by atoms with van der Waals surface area (Å²) in [5.74, 6) is 0. The molecule has 0 aliphatic carbocycles. The van der Waals surface area contributed by atoms with Crippen molar-refractivity contribution in [3.05, 3.63) is 170 Å². The summed E-state index contributed by atoms with van der Waals surface area (Å²) in [6.07, 6.45) is 3.71. The van der Waals surface area contributed by atoms with Gasteiger partial charge in [-0.05, 0) is 110 Å². The molecule has 2 aromatic heterocycles. The number of benzene rings is 6. The summed E-state index contributed by atoms with van der Waals surface area (Å²) in [6, 6.07) is 56.2. The van der Waals surface area contributed by atoms with Crippen LogP contribution in [0.5, 0.6) is 0 Å². The Morgan fingerprint density at radius 1 is 0.273 bits per heavy atom. The van der Waals surface area contributed by atoms with E-state index in [0.717, 1.165) is 44.8 Å². The third-order valence-electron chi connectivity index (χ3n) is 8.30. The minimum atomic E-state index is 0.951. The van der Waals surface area contributed by atoms with Crippen molar-refractivity contribution >= 4 is 21.5 Å². The van der Waals surface area contributed by atoms with Gasteiger partial charge in [0.05, 0.1) is 11.4 Å². The van der Waals surface area contributed by atoms with Gasteiger partial charge in [-0.3, -0.25) is 4.98 Å². The van der Waals surface area contributed by atoms with Crippen LogP contribution in [0.15, 0.2) is 170 Å². The number of rotatable bonds is 5. The van der Waals surface area contributed by atoms with E-state index in [2.05, 4.69) is 163 Å². The van der Waals surface area contributed by atoms with Crippen molar-refractivity contribution in [2.75, 3.05) is 0 Å². The molecule has 2 heteroatoms. The third kappa shape index (κ3) is 5.04. The number of pyridine rings is 2. The fourth-order valence-corrected chi connectivity index (χ4v) is 5.99. The zero-order chi connectivity index (χ0) is 29.3. The summed E-state index contributed by atoms with van der Waals surface area (Å²) in [5, 5.41) is 4.85. The molecule has 0 bridgehead atoms. The zero-order valence-electron chi connectivity index (χ0n) is 24.1. The maximum atomic E-state index is 5.27. The predicted molar refractivity (Wildman–Crippen MR) is 184 cm³/mol. The minimum Gasteiger partial charge on any atom is -0.265 e. The molecule has 8 rings (SSSR count). The molecule has 0 amide bonds. The van der Waals surface area contributed by atoms with E-state index < -0.39 is 0 Å². The van der Waals surface area contributed by atoms with E-state index in [1.165, 1.54) is 32.7 Å². The molecule has 0 atom stereocenters. The second-order valence-electron chi connectivity index (χ2n) is 11.2. The van der Waals surface area contributed by atoms with Crippen LogP contribution in [0, 0.1) is 0 Å². The lowest BCUT2D eigenvalue weighted by molar-refractivity contribution is 1.32. The van der Waals surface area contributed by atoms with Gasteiger partial charge in [-0.2, -0.15) is 0 Å². The highest BCUT2D eigenvalue weighted by Gasteiger charge is 2.13. The van der Waals surface area contributed by atoms with E-state index in [1.54, 1.807) is 0 Å². The molecule has 6 aromatic carbocycles. The van der Waals surface area contributed by atoms with E-state index in [-0.39, 0.29) is 0 Å². The van der Waals surface area contributed by atoms with E-state index in [0.29, 0.717) is 0 Å². The lowest BCUT2D eigenvalue weighted by Crippen LogP contribution is -1.93. The number of hydrogen-bond acceptors (Lipinski definition) is 2. The highest BCUT2D eigenvalue weighted by molar-refractivity contribution is 5.91. The van der Waals surface area contributed by atoms with Gasteiger partial charge in [-0.1, -0.05) is 103 Å². The Labute approximate surface area is 257 Å². The van der Waals surface area contributed by atoms with Gasteiger partial charge in [0.15, 0.2) is 0 Å². The first-order valence-electron chi connectivity index (χ1n) is 14.9. The molecule has 44 heavy (non-hydrogen) atoms. The summed E-state index contributed by atoms with van der Waals surface area (Å²) >= 11 is 0. The lowest BCUT2D eigenvalue weighted by Gasteiger charge is -2.14. The zero-order valence-corrected chi connectivity index (χ0v) is 24.1. The SMILES string of the molecule is c1ccc(-c2cc(-c3ccncc3)cc(-c3cc(-c4ccc5ccccc5c4)nc(-c4ccc5ccccc5c4)c3)c2)cc1. The Hall–Kier alpha value is -5.86. The second kappa shape index (κ2) is 11.1. The van der Waals surface area contributed by atoms with Crippen LogP contribution in [0.2, 0.25) is 0 Å². The van der Waals surface area contributed by atoms with Crippen molar-refractivity contribution < 1.29 is 0 Å². The van der Waals surface area contributed by atoms with Crippen LogP contribution in [0.1, 0.15) is 0 Å². The average molecular weight is 561 g/mol. The molecule has 2 nitrogen and oxygen atoms in total. The summed E-state index contributed by atoms with van der Waals surface area (Å²) in [4.78, 5) is 9.52. The quantitative estimate of drug-likeness (QED) is 0.209. The van der Waals surface area contributed by atoms with Crippen LogP contribution in [0.25, 0.3) is 77.4 Å². The Kier molecular flexibility index (Phi) is 6.51. The topological polar surface area (TPSA) is 25.8 Å². The summed E-state index contributed by atoms with van der Waals surface area (Å²) in [6.45, 7) is 0. The first kappa shape index (κ1) is 25.8. The molecule has 0 N–H and O–H groups in total. The molecule has 0 unspecified atom stereocenters. The maximum Gasteiger partial charge on any atom is 0.0715 e. The highest BCUT2D eigenvalue weighted by atomic mass is 14.7. The fourth-order valence-electron chi connectivity index (χ4n) is 5.99. The molecule has 0 aliphatic heterocycles. The van der Waals surface area contributed by atoms with Gasteiger partial charge in [0.25, 0.3) is 0 Å². The van der Waals surface area contributed by atoms with Crippen LogP contribution in [0.3, 0.4) is 0 Å². The van der Waals surface area contributed by atoms with E-state index in [1.807, 2.05) is 12.4 Å². The van der Waals surface area contributed by atoms with Gasteiger partial charge in [0.2, 0.25) is 0 Å². The molecular formula is C42H28N2. The summed E-state index contributed by atoms with van der Waals surface area (Å²) < 4.78 is 0. The smallest absolute Gasteiger partial charge is 0.0715 e. The molecule has 206 valence electrons. The van der Waals surface area contributed by atoms with Gasteiger partial charge < -0.3 is 0 Å². The maximum absolute atomic E-state index is 5.27. The lowest BCUT2D eigenvalue weighted by atomic mass is 9.92. The largest absolute Gasteiger partial charge is 0.265 e. The van der Waals surface area contributed by atoms with Crippen LogP contribution in [-0.2, 0) is 0 Å². The van der Waals surface area contributed by atoms with Crippen LogP contribution in [-0.4, -0.2) is 9.97 Å². The predicted octanol–water partition coefficient (Wildman–Crippen LogP) is 11.1. The normalized spacial score (nSPS) is 11.2. The first-order valence-corrected chi connectivity index (χ1v) is 14.9. The molecule has 2 heterocycles. The van der Waals surface area contributed by atoms with E-state index in [9.17, 15) is 0 Å². The molecule has 0 saturated heterocycles. The van der Waals surface area contributed by atoms with Gasteiger partial charge in [0.1, 0.15) is 0 Å². The molecule has 0 spiro atoms. The first-order chi connectivity index (χ1) is 21.8. The monoisotopic (exact) mass is 560 g/mol. The highest BCUT2D eigenvalue weighted by Crippen LogP contribution is 2.37. The molecule has 0 saturated carbocycles. The van der Waals surface area contributed by atoms with Gasteiger partial charge >= 0.3 is 0 Å². The van der Waals surface area contributed by atoms with Gasteiger partial charge in [0, 0.05) is 23.5 Å². The molecule has 0 aliphatic rings. The standard InChI is InChI=1S/C42H28N2/c1-2-8-29(9-3-1)37-24-38(32-18-20-43-21-19-32)26-39(25-37)40-27-41(35-16-14-30-10-4-6-12-33(30)22-35)44-42(28-40)36-17-15-31-11-5-7-13-34(31)23-36/h1-28H. The Morgan fingerprint density at radius 3 is 1.25 bits per heavy atom. The second-order valence-corrected chi connectivity index (χ2v) is 11.2. The van der Waals surface area contributed by atoms with E-state index in [4.69, 9.17) is 4.98 Å². The molecule has 0 radical (unpaired) electrons. The van der Waals surface area contributed by atoms with Gasteiger partial charge in [-0.25, -0.2) is 4.98 Å². The van der Waals surface area contributed by atoms with E-state index >= 15 is 0 Å². The van der Waals surface area contributed by atoms with Gasteiger partial charge in [-0.15, -0.1) is 0 Å². The van der Waals surface area contributed by atoms with Crippen molar-refractivity contribution in [3.8, 4) is 55.9 Å². The molecule has 0 fully saturated rings. The average Bonchev–Trinajstić information content (AvgIpc) is 3.11. The molecule has 8 aromatic rings. The molecular weight excluding hydrogens is 532 g/mol. The summed E-state index contributed by atoms with van der Waals surface area (Å²) in [5.41, 5.74) is 11.0. The fraction of sp³-hybridized carbons (Fsp3) is 0. The Morgan fingerprint density at radius 2 is 0.705 bits per heavy atom. The van der Waals surface area contributed by atoms with Crippen LogP contribution < -0.4 is 0 Å². The summed E-state index contributed by atoms with van der Waals surface area (Å²) in [7, 11) is 0. The Bertz CT molecular complexity index is 2120. The number of aromatic nitrogens is 2. The Balaban J connectivity index is 1.36. The van der Waals surface area contributed by atoms with Crippen molar-refractivity contribution in [2.24, 2.45) is 0 Å². The minimum absolute atomic E-state index is 0.951. The van der Waals surface area contributed by atoms with Crippen LogP contribution >= 0.6 is 0 Å². The van der Waals surface area contributed by atoms with Crippen LogP contribution in [0.4, 0.5) is 0 Å².